The van der Waals surface area contributed by atoms with Crippen molar-refractivity contribution in [1.29, 1.82) is 0 Å². The molecule has 3 heteroatoms. The van der Waals surface area contributed by atoms with Gasteiger partial charge in [0.2, 0.25) is 0 Å². The molecular formula is C11H10F2O. The summed E-state index contributed by atoms with van der Waals surface area (Å²) in [7, 11) is 0. The highest BCUT2D eigenvalue weighted by Gasteiger charge is 2.07. The zero-order chi connectivity index (χ0) is 10.6. The van der Waals surface area contributed by atoms with Gasteiger partial charge in [-0.1, -0.05) is 12.1 Å². The van der Waals surface area contributed by atoms with Crippen LogP contribution in [-0.4, -0.2) is 6.61 Å². The Bertz CT molecular complexity index is 353. The second-order valence-electron chi connectivity index (χ2n) is 2.86. The quantitative estimate of drug-likeness (QED) is 0.675. The standard InChI is InChI=1S/C11H10F2O/c1-3-4-9-6-5-8(2)10(7-9)14-11(12)13/h1,5-7,11H,4H2,2H3. The highest BCUT2D eigenvalue weighted by molar-refractivity contribution is 5.37. The van der Waals surface area contributed by atoms with Crippen molar-refractivity contribution in [3.05, 3.63) is 29.3 Å². The molecule has 0 aromatic heterocycles. The average Bonchev–Trinajstić information content (AvgIpc) is 2.10. The average molecular weight is 196 g/mol. The Kier molecular flexibility index (Phi) is 3.47. The summed E-state index contributed by atoms with van der Waals surface area (Å²) in [4.78, 5) is 0. The summed E-state index contributed by atoms with van der Waals surface area (Å²) < 4.78 is 28.2. The van der Waals surface area contributed by atoms with Gasteiger partial charge in [0, 0.05) is 6.42 Å². The molecule has 0 N–H and O–H groups in total. The summed E-state index contributed by atoms with van der Waals surface area (Å²) in [6.07, 6.45) is 5.53. The number of aryl methyl sites for hydroxylation is 1. The molecule has 0 aliphatic carbocycles. The maximum absolute atomic E-state index is 12.0. The van der Waals surface area contributed by atoms with Crippen molar-refractivity contribution >= 4 is 0 Å². The Balaban J connectivity index is 2.91. The normalized spacial score (nSPS) is 9.93. The maximum Gasteiger partial charge on any atom is 0.387 e. The Morgan fingerprint density at radius 1 is 1.50 bits per heavy atom. The lowest BCUT2D eigenvalue weighted by Gasteiger charge is -2.08. The van der Waals surface area contributed by atoms with Crippen molar-refractivity contribution in [2.45, 2.75) is 20.0 Å². The molecule has 0 spiro atoms. The summed E-state index contributed by atoms with van der Waals surface area (Å²) in [5, 5.41) is 0. The molecule has 0 fully saturated rings. The molecule has 0 amide bonds. The number of rotatable bonds is 3. The molecule has 1 rings (SSSR count). The topological polar surface area (TPSA) is 9.23 Å². The smallest absolute Gasteiger partial charge is 0.387 e. The van der Waals surface area contributed by atoms with Gasteiger partial charge in [0.15, 0.2) is 0 Å². The number of terminal acetylenes is 1. The van der Waals surface area contributed by atoms with Gasteiger partial charge in [-0.2, -0.15) is 8.78 Å². The van der Waals surface area contributed by atoms with E-state index < -0.39 is 6.61 Å². The van der Waals surface area contributed by atoms with Crippen LogP contribution in [0.3, 0.4) is 0 Å². The molecule has 1 aromatic carbocycles. The fraction of sp³-hybridized carbons (Fsp3) is 0.273. The van der Waals surface area contributed by atoms with E-state index in [-0.39, 0.29) is 5.75 Å². The van der Waals surface area contributed by atoms with Crippen LogP contribution in [0, 0.1) is 19.3 Å². The lowest BCUT2D eigenvalue weighted by Crippen LogP contribution is -2.03. The molecule has 14 heavy (non-hydrogen) atoms. The lowest BCUT2D eigenvalue weighted by atomic mass is 10.1. The van der Waals surface area contributed by atoms with Crippen LogP contribution in [0.15, 0.2) is 18.2 Å². The third kappa shape index (κ3) is 2.74. The van der Waals surface area contributed by atoms with Crippen LogP contribution in [0.5, 0.6) is 5.75 Å². The first kappa shape index (κ1) is 10.5. The summed E-state index contributed by atoms with van der Waals surface area (Å²) in [5.74, 6) is 2.63. The molecule has 0 saturated carbocycles. The van der Waals surface area contributed by atoms with Crippen LogP contribution in [0.2, 0.25) is 0 Å². The van der Waals surface area contributed by atoms with Crippen molar-refractivity contribution in [1.82, 2.24) is 0 Å². The minimum atomic E-state index is -2.80. The van der Waals surface area contributed by atoms with Crippen molar-refractivity contribution in [3.63, 3.8) is 0 Å². The monoisotopic (exact) mass is 196 g/mol. The number of hydrogen-bond acceptors (Lipinski definition) is 1. The van der Waals surface area contributed by atoms with E-state index in [9.17, 15) is 8.78 Å². The van der Waals surface area contributed by atoms with E-state index in [1.54, 1.807) is 25.1 Å². The third-order valence-electron chi connectivity index (χ3n) is 1.77. The summed E-state index contributed by atoms with van der Waals surface area (Å²) in [5.41, 5.74) is 1.47. The van der Waals surface area contributed by atoms with Gasteiger partial charge in [0.1, 0.15) is 5.75 Å². The number of alkyl halides is 2. The first-order valence-electron chi connectivity index (χ1n) is 4.11. The van der Waals surface area contributed by atoms with Crippen molar-refractivity contribution in [3.8, 4) is 18.1 Å². The summed E-state index contributed by atoms with van der Waals surface area (Å²) in [6.45, 7) is -1.09. The van der Waals surface area contributed by atoms with Crippen molar-refractivity contribution in [2.24, 2.45) is 0 Å². The molecule has 0 aliphatic rings. The fourth-order valence-corrected chi connectivity index (χ4v) is 1.10. The third-order valence-corrected chi connectivity index (χ3v) is 1.77. The van der Waals surface area contributed by atoms with E-state index in [1.165, 1.54) is 0 Å². The second-order valence-corrected chi connectivity index (χ2v) is 2.86. The number of hydrogen-bond donors (Lipinski definition) is 0. The van der Waals surface area contributed by atoms with E-state index in [2.05, 4.69) is 10.7 Å². The fourth-order valence-electron chi connectivity index (χ4n) is 1.10. The molecule has 0 radical (unpaired) electrons. The molecule has 0 saturated heterocycles. The van der Waals surface area contributed by atoms with Crippen molar-refractivity contribution < 1.29 is 13.5 Å². The zero-order valence-corrected chi connectivity index (χ0v) is 7.76. The Morgan fingerprint density at radius 2 is 2.21 bits per heavy atom. The van der Waals surface area contributed by atoms with Gasteiger partial charge in [-0.25, -0.2) is 0 Å². The Hall–Kier alpha value is -1.56. The molecule has 1 nitrogen and oxygen atoms in total. The number of halogens is 2. The maximum atomic E-state index is 12.0. The highest BCUT2D eigenvalue weighted by atomic mass is 19.3. The predicted octanol–water partition coefficient (Wildman–Crippen LogP) is 2.77. The number of ether oxygens (including phenoxy) is 1. The Labute approximate surface area is 81.7 Å². The molecule has 0 unspecified atom stereocenters. The molecule has 0 heterocycles. The van der Waals surface area contributed by atoms with Crippen LogP contribution in [0.1, 0.15) is 11.1 Å². The van der Waals surface area contributed by atoms with Gasteiger partial charge < -0.3 is 4.74 Å². The van der Waals surface area contributed by atoms with Crippen LogP contribution in [0.4, 0.5) is 8.78 Å². The number of benzene rings is 1. The van der Waals surface area contributed by atoms with Gasteiger partial charge in [-0.05, 0) is 24.1 Å². The van der Waals surface area contributed by atoms with E-state index >= 15 is 0 Å². The van der Waals surface area contributed by atoms with Gasteiger partial charge in [0.25, 0.3) is 0 Å². The predicted molar refractivity (Wildman–Crippen MR) is 50.3 cm³/mol. The van der Waals surface area contributed by atoms with Crippen molar-refractivity contribution in [2.75, 3.05) is 0 Å². The minimum Gasteiger partial charge on any atom is -0.435 e. The zero-order valence-electron chi connectivity index (χ0n) is 7.76. The largest absolute Gasteiger partial charge is 0.435 e. The SMILES string of the molecule is C#CCc1ccc(C)c(OC(F)F)c1. The van der Waals surface area contributed by atoms with E-state index in [4.69, 9.17) is 6.42 Å². The van der Waals surface area contributed by atoms with E-state index in [1.807, 2.05) is 0 Å². The molecule has 0 bridgehead atoms. The summed E-state index contributed by atoms with van der Waals surface area (Å²) >= 11 is 0. The molecule has 0 aliphatic heterocycles. The Morgan fingerprint density at radius 3 is 2.79 bits per heavy atom. The summed E-state index contributed by atoms with van der Waals surface area (Å²) in [6, 6.07) is 5.05. The van der Waals surface area contributed by atoms with E-state index in [0.29, 0.717) is 12.0 Å². The molecule has 74 valence electrons. The molecule has 1 aromatic rings. The van der Waals surface area contributed by atoms with Gasteiger partial charge in [-0.15, -0.1) is 12.3 Å². The first-order valence-corrected chi connectivity index (χ1v) is 4.11. The van der Waals surface area contributed by atoms with E-state index in [0.717, 1.165) is 5.56 Å². The highest BCUT2D eigenvalue weighted by Crippen LogP contribution is 2.21. The van der Waals surface area contributed by atoms with Gasteiger partial charge in [-0.3, -0.25) is 0 Å². The minimum absolute atomic E-state index is 0.188. The van der Waals surface area contributed by atoms with Crippen LogP contribution >= 0.6 is 0 Å². The molecule has 0 atom stereocenters. The van der Waals surface area contributed by atoms with Crippen LogP contribution in [0.25, 0.3) is 0 Å². The van der Waals surface area contributed by atoms with Crippen LogP contribution in [-0.2, 0) is 6.42 Å². The van der Waals surface area contributed by atoms with Crippen LogP contribution < -0.4 is 4.74 Å². The van der Waals surface area contributed by atoms with Gasteiger partial charge >= 0.3 is 6.61 Å². The lowest BCUT2D eigenvalue weighted by molar-refractivity contribution is -0.0503. The first-order chi connectivity index (χ1) is 6.63. The second kappa shape index (κ2) is 4.61. The molecular weight excluding hydrogens is 186 g/mol. The van der Waals surface area contributed by atoms with Gasteiger partial charge in [0.05, 0.1) is 0 Å².